The van der Waals surface area contributed by atoms with Gasteiger partial charge < -0.3 is 30.2 Å². The number of rotatable bonds is 3. The SMILES string of the molecule is O=[N+]([O-])c1ncn(C2OC(CO)C(O)C2O)c1S. The molecule has 0 aliphatic carbocycles. The minimum absolute atomic E-state index is 0.102. The van der Waals surface area contributed by atoms with Crippen molar-refractivity contribution in [1.29, 1.82) is 0 Å². The molecule has 1 fully saturated rings. The molecule has 3 N–H and O–H groups in total. The van der Waals surface area contributed by atoms with E-state index in [1.165, 1.54) is 0 Å². The molecule has 1 saturated heterocycles. The summed E-state index contributed by atoms with van der Waals surface area (Å²) >= 11 is 3.93. The van der Waals surface area contributed by atoms with Crippen LogP contribution in [0.2, 0.25) is 0 Å². The number of imidazole rings is 1. The van der Waals surface area contributed by atoms with Crippen molar-refractivity contribution < 1.29 is 25.0 Å². The first-order valence-corrected chi connectivity index (χ1v) is 5.44. The highest BCUT2D eigenvalue weighted by atomic mass is 32.1. The lowest BCUT2D eigenvalue weighted by Crippen LogP contribution is -2.33. The molecule has 2 heterocycles. The highest BCUT2D eigenvalue weighted by molar-refractivity contribution is 7.80. The predicted molar refractivity (Wildman–Crippen MR) is 59.1 cm³/mol. The maximum Gasteiger partial charge on any atom is 0.395 e. The molecule has 1 aliphatic heterocycles. The molecule has 0 aromatic carbocycles. The van der Waals surface area contributed by atoms with E-state index in [-0.39, 0.29) is 5.03 Å². The van der Waals surface area contributed by atoms with Crippen LogP contribution in [0.25, 0.3) is 0 Å². The Balaban J connectivity index is 2.30. The van der Waals surface area contributed by atoms with Crippen LogP contribution in [0.4, 0.5) is 5.82 Å². The Kier molecular flexibility index (Phi) is 3.54. The third-order valence-corrected chi connectivity index (χ3v) is 3.14. The van der Waals surface area contributed by atoms with Crippen LogP contribution in [-0.4, -0.2) is 54.7 Å². The molecule has 2 rings (SSSR count). The Bertz CT molecular complexity index is 466. The predicted octanol–water partition coefficient (Wildman–Crippen LogP) is -1.31. The fourth-order valence-corrected chi connectivity index (χ4v) is 2.07. The Labute approximate surface area is 106 Å². The molecule has 0 spiro atoms. The van der Waals surface area contributed by atoms with Gasteiger partial charge in [0.05, 0.1) is 6.61 Å². The summed E-state index contributed by atoms with van der Waals surface area (Å²) in [6.45, 7) is -0.479. The summed E-state index contributed by atoms with van der Waals surface area (Å²) in [5.41, 5.74) is 0. The summed E-state index contributed by atoms with van der Waals surface area (Å²) in [5.74, 6) is -0.476. The summed E-state index contributed by atoms with van der Waals surface area (Å²) in [7, 11) is 0. The van der Waals surface area contributed by atoms with Crippen molar-refractivity contribution in [3.8, 4) is 0 Å². The maximum absolute atomic E-state index is 10.6. The number of ether oxygens (including phenoxy) is 1. The number of hydrogen-bond donors (Lipinski definition) is 4. The number of hydrogen-bond acceptors (Lipinski definition) is 8. The molecule has 4 unspecified atom stereocenters. The monoisotopic (exact) mass is 277 g/mol. The lowest BCUT2D eigenvalue weighted by molar-refractivity contribution is -0.392. The van der Waals surface area contributed by atoms with Gasteiger partial charge in [-0.25, -0.2) is 0 Å². The summed E-state index contributed by atoms with van der Waals surface area (Å²) in [6, 6.07) is 0. The number of nitro groups is 1. The largest absolute Gasteiger partial charge is 0.395 e. The minimum atomic E-state index is -1.33. The molecule has 4 atom stereocenters. The number of aromatic nitrogens is 2. The fourth-order valence-electron chi connectivity index (χ4n) is 1.77. The molecular formula is C8H11N3O6S. The Hall–Kier alpha value is -1.20. The first-order chi connectivity index (χ1) is 8.47. The molecule has 1 aliphatic rings. The smallest absolute Gasteiger partial charge is 0.394 e. The second kappa shape index (κ2) is 4.82. The molecule has 1 aromatic heterocycles. The van der Waals surface area contributed by atoms with Gasteiger partial charge in [0.2, 0.25) is 6.33 Å². The van der Waals surface area contributed by atoms with Gasteiger partial charge in [-0.05, 0) is 9.91 Å². The van der Waals surface area contributed by atoms with Gasteiger partial charge in [0.1, 0.15) is 18.3 Å². The van der Waals surface area contributed by atoms with Gasteiger partial charge in [-0.15, -0.1) is 12.6 Å². The van der Waals surface area contributed by atoms with Gasteiger partial charge in [-0.3, -0.25) is 4.57 Å². The molecule has 10 heteroatoms. The van der Waals surface area contributed by atoms with Crippen molar-refractivity contribution in [3.63, 3.8) is 0 Å². The fraction of sp³-hybridized carbons (Fsp3) is 0.625. The van der Waals surface area contributed by atoms with Gasteiger partial charge >= 0.3 is 5.82 Å². The average molecular weight is 277 g/mol. The molecule has 1 aromatic rings. The van der Waals surface area contributed by atoms with Crippen LogP contribution in [0.5, 0.6) is 0 Å². The normalized spacial score (nSPS) is 31.8. The van der Waals surface area contributed by atoms with E-state index >= 15 is 0 Å². The van der Waals surface area contributed by atoms with Crippen molar-refractivity contribution in [2.75, 3.05) is 6.61 Å². The molecule has 0 amide bonds. The Morgan fingerprint density at radius 2 is 2.22 bits per heavy atom. The third kappa shape index (κ3) is 1.97. The highest BCUT2D eigenvalue weighted by Crippen LogP contribution is 2.33. The van der Waals surface area contributed by atoms with Gasteiger partial charge in [-0.2, -0.15) is 0 Å². The molecule has 100 valence electrons. The number of nitrogens with zero attached hydrogens (tertiary/aromatic N) is 3. The van der Waals surface area contributed by atoms with Crippen LogP contribution < -0.4 is 0 Å². The summed E-state index contributed by atoms with van der Waals surface area (Å²) in [4.78, 5) is 13.4. The van der Waals surface area contributed by atoms with Crippen molar-refractivity contribution in [1.82, 2.24) is 9.55 Å². The molecular weight excluding hydrogens is 266 g/mol. The van der Waals surface area contributed by atoms with E-state index in [0.29, 0.717) is 0 Å². The lowest BCUT2D eigenvalue weighted by Gasteiger charge is -2.15. The second-order valence-corrected chi connectivity index (χ2v) is 4.21. The van der Waals surface area contributed by atoms with Gasteiger partial charge in [0, 0.05) is 0 Å². The van der Waals surface area contributed by atoms with Crippen LogP contribution in [0.15, 0.2) is 11.4 Å². The van der Waals surface area contributed by atoms with E-state index in [1.807, 2.05) is 0 Å². The molecule has 18 heavy (non-hydrogen) atoms. The zero-order valence-electron chi connectivity index (χ0n) is 8.95. The zero-order chi connectivity index (χ0) is 13.4. The Morgan fingerprint density at radius 3 is 2.67 bits per heavy atom. The summed E-state index contributed by atoms with van der Waals surface area (Å²) in [5, 5.41) is 38.8. The van der Waals surface area contributed by atoms with E-state index in [0.717, 1.165) is 10.9 Å². The topological polar surface area (TPSA) is 131 Å². The van der Waals surface area contributed by atoms with Crippen molar-refractivity contribution in [3.05, 3.63) is 16.4 Å². The highest BCUT2D eigenvalue weighted by Gasteiger charge is 2.44. The van der Waals surface area contributed by atoms with Crippen LogP contribution in [-0.2, 0) is 4.74 Å². The number of aliphatic hydroxyl groups excluding tert-OH is 3. The van der Waals surface area contributed by atoms with Gasteiger partial charge in [0.25, 0.3) is 0 Å². The van der Waals surface area contributed by atoms with Crippen LogP contribution in [0.1, 0.15) is 6.23 Å². The van der Waals surface area contributed by atoms with Gasteiger partial charge in [-0.1, -0.05) is 0 Å². The van der Waals surface area contributed by atoms with Crippen LogP contribution in [0, 0.1) is 10.1 Å². The molecule has 0 radical (unpaired) electrons. The molecule has 9 nitrogen and oxygen atoms in total. The van der Waals surface area contributed by atoms with Crippen LogP contribution in [0.3, 0.4) is 0 Å². The van der Waals surface area contributed by atoms with Crippen molar-refractivity contribution >= 4 is 18.4 Å². The van der Waals surface area contributed by atoms with Crippen molar-refractivity contribution in [2.45, 2.75) is 29.6 Å². The van der Waals surface area contributed by atoms with E-state index in [2.05, 4.69) is 17.6 Å². The Morgan fingerprint density at radius 1 is 1.56 bits per heavy atom. The minimum Gasteiger partial charge on any atom is -0.394 e. The van der Waals surface area contributed by atoms with E-state index in [4.69, 9.17) is 9.84 Å². The quantitative estimate of drug-likeness (QED) is 0.306. The molecule has 0 saturated carbocycles. The van der Waals surface area contributed by atoms with E-state index < -0.39 is 41.9 Å². The number of thiol groups is 1. The lowest BCUT2D eigenvalue weighted by atomic mass is 10.1. The van der Waals surface area contributed by atoms with Gasteiger partial charge in [0.15, 0.2) is 11.3 Å². The molecule has 0 bridgehead atoms. The summed E-state index contributed by atoms with van der Waals surface area (Å²) in [6.07, 6.45) is -3.57. The van der Waals surface area contributed by atoms with E-state index in [9.17, 15) is 20.3 Å². The first-order valence-electron chi connectivity index (χ1n) is 5.00. The second-order valence-electron chi connectivity index (χ2n) is 3.79. The average Bonchev–Trinajstić information content (AvgIpc) is 2.82. The maximum atomic E-state index is 10.6. The zero-order valence-corrected chi connectivity index (χ0v) is 9.84. The van der Waals surface area contributed by atoms with Crippen LogP contribution >= 0.6 is 12.6 Å². The van der Waals surface area contributed by atoms with E-state index in [1.54, 1.807) is 0 Å². The first kappa shape index (κ1) is 13.2. The third-order valence-electron chi connectivity index (χ3n) is 2.71. The standard InChI is InChI=1S/C8H11N3O6S/c12-1-3-4(13)5(14)7(17-3)10-2-9-6(8(10)18)11(15)16/h2-5,7,12-14,18H,1H2. The number of aliphatic hydroxyl groups is 3. The van der Waals surface area contributed by atoms with Crippen molar-refractivity contribution in [2.24, 2.45) is 0 Å². The summed E-state index contributed by atoms with van der Waals surface area (Å²) < 4.78 is 6.33.